The number of anilines is 1. The first-order chi connectivity index (χ1) is 14.2. The van der Waals surface area contributed by atoms with E-state index in [0.29, 0.717) is 12.1 Å². The molecule has 0 spiro atoms. The van der Waals surface area contributed by atoms with Gasteiger partial charge in [0.25, 0.3) is 17.7 Å². The quantitative estimate of drug-likeness (QED) is 0.583. The second kappa shape index (κ2) is 8.49. The van der Waals surface area contributed by atoms with Crippen molar-refractivity contribution in [2.24, 2.45) is 0 Å². The number of aryl methyl sites for hydroxylation is 2. The Hall–Kier alpha value is -3.48. The molecule has 0 unspecified atom stereocenters. The number of imide groups is 1. The van der Waals surface area contributed by atoms with Crippen molar-refractivity contribution < 1.29 is 23.9 Å². The number of fused-ring (bicyclic) bond motifs is 1. The Kier molecular flexibility index (Phi) is 6.01. The Labute approximate surface area is 175 Å². The lowest BCUT2D eigenvalue weighted by Gasteiger charge is -2.20. The molecule has 1 atom stereocenters. The van der Waals surface area contributed by atoms with Gasteiger partial charge >= 0.3 is 5.97 Å². The molecule has 0 aliphatic carbocycles. The van der Waals surface area contributed by atoms with E-state index < -0.39 is 24.4 Å². The minimum atomic E-state index is -0.740. The van der Waals surface area contributed by atoms with Crippen molar-refractivity contribution in [3.63, 3.8) is 0 Å². The zero-order valence-corrected chi connectivity index (χ0v) is 17.4. The van der Waals surface area contributed by atoms with Crippen LogP contribution in [0.3, 0.4) is 0 Å². The van der Waals surface area contributed by atoms with Crippen LogP contribution in [0.25, 0.3) is 0 Å². The van der Waals surface area contributed by atoms with Crippen LogP contribution in [0.4, 0.5) is 5.69 Å². The van der Waals surface area contributed by atoms with Crippen LogP contribution < -0.4 is 5.32 Å². The normalized spacial score (nSPS) is 13.8. The smallest absolute Gasteiger partial charge is 0.338 e. The third-order valence-corrected chi connectivity index (χ3v) is 5.18. The summed E-state index contributed by atoms with van der Waals surface area (Å²) in [5.74, 6) is -2.00. The third-order valence-electron chi connectivity index (χ3n) is 5.18. The molecule has 3 rings (SSSR count). The molecule has 30 heavy (non-hydrogen) atoms. The van der Waals surface area contributed by atoms with Crippen molar-refractivity contribution >= 4 is 29.4 Å². The lowest BCUT2D eigenvalue weighted by atomic mass is 10.1. The lowest BCUT2D eigenvalue weighted by molar-refractivity contribution is -0.119. The summed E-state index contributed by atoms with van der Waals surface area (Å²) in [4.78, 5) is 50.7. The van der Waals surface area contributed by atoms with Crippen LogP contribution in [0.1, 0.15) is 62.5 Å². The van der Waals surface area contributed by atoms with Crippen LogP contribution in [-0.2, 0) is 9.53 Å². The van der Waals surface area contributed by atoms with Crippen molar-refractivity contribution in [2.75, 3.05) is 11.9 Å². The first-order valence-corrected chi connectivity index (χ1v) is 9.79. The van der Waals surface area contributed by atoms with Crippen molar-refractivity contribution in [1.82, 2.24) is 4.90 Å². The molecule has 7 nitrogen and oxygen atoms in total. The number of ether oxygens (including phenoxy) is 1. The number of hydrogen-bond donors (Lipinski definition) is 1. The Balaban J connectivity index is 1.66. The second-order valence-corrected chi connectivity index (χ2v) is 7.44. The van der Waals surface area contributed by atoms with Crippen LogP contribution in [0.15, 0.2) is 36.4 Å². The Bertz CT molecular complexity index is 1040. The van der Waals surface area contributed by atoms with Gasteiger partial charge in [-0.3, -0.25) is 19.3 Å². The fraction of sp³-hybridized carbons (Fsp3) is 0.304. The average molecular weight is 408 g/mol. The number of carbonyl (C=O) groups excluding carboxylic acids is 4. The molecule has 0 radical (unpaired) electrons. The number of nitrogens with zero attached hydrogens (tertiary/aromatic N) is 1. The summed E-state index contributed by atoms with van der Waals surface area (Å²) < 4.78 is 5.08. The largest absolute Gasteiger partial charge is 0.452 e. The number of carbonyl (C=O) groups is 4. The van der Waals surface area contributed by atoms with Gasteiger partial charge in [0, 0.05) is 11.7 Å². The Morgan fingerprint density at radius 3 is 2.40 bits per heavy atom. The molecular weight excluding hydrogens is 384 g/mol. The first kappa shape index (κ1) is 21.2. The maximum Gasteiger partial charge on any atom is 0.338 e. The monoisotopic (exact) mass is 408 g/mol. The van der Waals surface area contributed by atoms with Crippen molar-refractivity contribution in [3.05, 3.63) is 64.2 Å². The summed E-state index contributed by atoms with van der Waals surface area (Å²) in [7, 11) is 0. The summed E-state index contributed by atoms with van der Waals surface area (Å²) in [6.45, 7) is 7.05. The SMILES string of the molecule is CC[C@H](C)N1C(=O)c2ccc(C(=O)OCC(=O)Nc3ccc(C)cc3C)cc2C1=O. The molecular formula is C23H24N2O5. The maximum absolute atomic E-state index is 12.6. The van der Waals surface area contributed by atoms with Gasteiger partial charge in [-0.2, -0.15) is 0 Å². The van der Waals surface area contributed by atoms with Crippen molar-refractivity contribution in [3.8, 4) is 0 Å². The van der Waals surface area contributed by atoms with E-state index in [9.17, 15) is 19.2 Å². The molecule has 0 saturated heterocycles. The van der Waals surface area contributed by atoms with Crippen LogP contribution >= 0.6 is 0 Å². The topological polar surface area (TPSA) is 92.8 Å². The zero-order valence-electron chi connectivity index (χ0n) is 17.4. The predicted molar refractivity (Wildman–Crippen MR) is 112 cm³/mol. The molecule has 1 N–H and O–H groups in total. The Morgan fingerprint density at radius 2 is 1.73 bits per heavy atom. The lowest BCUT2D eigenvalue weighted by Crippen LogP contribution is -2.37. The molecule has 2 aromatic carbocycles. The second-order valence-electron chi connectivity index (χ2n) is 7.44. The molecule has 1 heterocycles. The molecule has 1 aliphatic heterocycles. The van der Waals surface area contributed by atoms with Gasteiger partial charge in [-0.1, -0.05) is 24.6 Å². The van der Waals surface area contributed by atoms with E-state index in [-0.39, 0.29) is 28.6 Å². The highest BCUT2D eigenvalue weighted by molar-refractivity contribution is 6.22. The van der Waals surface area contributed by atoms with Crippen LogP contribution in [0, 0.1) is 13.8 Å². The van der Waals surface area contributed by atoms with Gasteiger partial charge in [0.15, 0.2) is 6.61 Å². The number of benzene rings is 2. The highest BCUT2D eigenvalue weighted by atomic mass is 16.5. The van der Waals surface area contributed by atoms with Crippen molar-refractivity contribution in [1.29, 1.82) is 0 Å². The van der Waals surface area contributed by atoms with E-state index >= 15 is 0 Å². The summed E-state index contributed by atoms with van der Waals surface area (Å²) in [6.07, 6.45) is 0.635. The van der Waals surface area contributed by atoms with E-state index in [1.165, 1.54) is 23.1 Å². The van der Waals surface area contributed by atoms with E-state index in [0.717, 1.165) is 11.1 Å². The van der Waals surface area contributed by atoms with Gasteiger partial charge in [-0.25, -0.2) is 4.79 Å². The number of hydrogen-bond acceptors (Lipinski definition) is 5. The highest BCUT2D eigenvalue weighted by Gasteiger charge is 2.38. The van der Waals surface area contributed by atoms with E-state index in [2.05, 4.69) is 5.32 Å². The number of esters is 1. The standard InChI is InChI=1S/C23H24N2O5/c1-5-15(4)25-21(27)17-8-7-16(11-18(17)22(25)28)23(29)30-12-20(26)24-19-9-6-13(2)10-14(19)3/h6-11,15H,5,12H2,1-4H3,(H,24,26)/t15-/m0/s1. The molecule has 0 saturated carbocycles. The summed E-state index contributed by atoms with van der Waals surface area (Å²) >= 11 is 0. The summed E-state index contributed by atoms with van der Waals surface area (Å²) in [6, 6.07) is 9.59. The van der Waals surface area contributed by atoms with Gasteiger partial charge in [0.2, 0.25) is 0 Å². The van der Waals surface area contributed by atoms with Crippen LogP contribution in [0.5, 0.6) is 0 Å². The van der Waals surface area contributed by atoms with Gasteiger partial charge in [-0.15, -0.1) is 0 Å². The highest BCUT2D eigenvalue weighted by Crippen LogP contribution is 2.27. The molecule has 1 aliphatic rings. The first-order valence-electron chi connectivity index (χ1n) is 9.79. The van der Waals surface area contributed by atoms with Crippen LogP contribution in [-0.4, -0.2) is 41.2 Å². The number of nitrogens with one attached hydrogen (secondary N) is 1. The van der Waals surface area contributed by atoms with Gasteiger partial charge in [0.1, 0.15) is 0 Å². The third kappa shape index (κ3) is 4.10. The zero-order chi connectivity index (χ0) is 22.0. The summed E-state index contributed by atoms with van der Waals surface area (Å²) in [5.41, 5.74) is 3.18. The molecule has 0 fully saturated rings. The molecule has 2 aromatic rings. The van der Waals surface area contributed by atoms with E-state index in [4.69, 9.17) is 4.74 Å². The maximum atomic E-state index is 12.6. The molecule has 7 heteroatoms. The fourth-order valence-corrected chi connectivity index (χ4v) is 3.32. The van der Waals surface area contributed by atoms with Crippen molar-refractivity contribution in [2.45, 2.75) is 40.2 Å². The number of amides is 3. The minimum Gasteiger partial charge on any atom is -0.452 e. The molecule has 0 bridgehead atoms. The van der Waals surface area contributed by atoms with E-state index in [1.807, 2.05) is 32.9 Å². The summed E-state index contributed by atoms with van der Waals surface area (Å²) in [5, 5.41) is 2.70. The molecule has 156 valence electrons. The van der Waals surface area contributed by atoms with Crippen LogP contribution in [0.2, 0.25) is 0 Å². The minimum absolute atomic E-state index is 0.111. The van der Waals surface area contributed by atoms with E-state index in [1.54, 1.807) is 13.0 Å². The average Bonchev–Trinajstić information content (AvgIpc) is 2.97. The number of rotatable bonds is 6. The molecule has 3 amide bonds. The Morgan fingerprint density at radius 1 is 1.03 bits per heavy atom. The van der Waals surface area contributed by atoms with Gasteiger partial charge < -0.3 is 10.1 Å². The van der Waals surface area contributed by atoms with Gasteiger partial charge in [0.05, 0.1) is 16.7 Å². The fourth-order valence-electron chi connectivity index (χ4n) is 3.32. The molecule has 0 aromatic heterocycles. The predicted octanol–water partition coefficient (Wildman–Crippen LogP) is 3.49. The van der Waals surface area contributed by atoms with Gasteiger partial charge in [-0.05, 0) is 57.0 Å².